The van der Waals surface area contributed by atoms with Crippen molar-refractivity contribution in [2.75, 3.05) is 30.3 Å². The molecule has 3 N–H and O–H groups in total. The van der Waals surface area contributed by atoms with Gasteiger partial charge >= 0.3 is 0 Å². The summed E-state index contributed by atoms with van der Waals surface area (Å²) in [5.74, 6) is 0.671. The number of nitrogen functional groups attached to an aromatic ring is 1. The second-order valence-corrected chi connectivity index (χ2v) is 5.58. The van der Waals surface area contributed by atoms with Gasteiger partial charge in [-0.3, -0.25) is 0 Å². The SMILES string of the molecule is Nc1ccc(N2C[C@H]3CCC[C@]3(CO)C2)cc1. The lowest BCUT2D eigenvalue weighted by Gasteiger charge is -2.26. The van der Waals surface area contributed by atoms with Gasteiger partial charge in [-0.05, 0) is 43.0 Å². The first-order chi connectivity index (χ1) is 8.23. The number of benzene rings is 1. The highest BCUT2D eigenvalue weighted by Gasteiger charge is 2.48. The third-order valence-corrected chi connectivity index (χ3v) is 4.61. The Bertz CT molecular complexity index is 403. The Hall–Kier alpha value is -1.22. The van der Waals surface area contributed by atoms with Gasteiger partial charge in [0.05, 0.1) is 6.61 Å². The van der Waals surface area contributed by atoms with Gasteiger partial charge in [0.25, 0.3) is 0 Å². The molecule has 0 amide bonds. The largest absolute Gasteiger partial charge is 0.399 e. The zero-order valence-electron chi connectivity index (χ0n) is 10.1. The van der Waals surface area contributed by atoms with Crippen LogP contribution in [0.5, 0.6) is 0 Å². The Kier molecular flexibility index (Phi) is 2.51. The van der Waals surface area contributed by atoms with Gasteiger partial charge in [0.15, 0.2) is 0 Å². The number of nitrogens with zero attached hydrogens (tertiary/aromatic N) is 1. The zero-order chi connectivity index (χ0) is 11.9. The lowest BCUT2D eigenvalue weighted by Crippen LogP contribution is -2.30. The molecule has 0 aromatic heterocycles. The minimum atomic E-state index is 0.168. The van der Waals surface area contributed by atoms with Gasteiger partial charge < -0.3 is 15.7 Å². The summed E-state index contributed by atoms with van der Waals surface area (Å²) in [6.45, 7) is 2.42. The predicted molar refractivity (Wildman–Crippen MR) is 69.9 cm³/mol. The van der Waals surface area contributed by atoms with Crippen LogP contribution in [-0.2, 0) is 0 Å². The van der Waals surface area contributed by atoms with Crippen LogP contribution in [0.4, 0.5) is 11.4 Å². The molecular weight excluding hydrogens is 212 g/mol. The fourth-order valence-corrected chi connectivity index (χ4v) is 3.55. The standard InChI is InChI=1S/C14H20N2O/c15-12-3-5-13(6-4-12)16-8-11-2-1-7-14(11,9-16)10-17/h3-6,11,17H,1-2,7-10,15H2/t11-,14-/m1/s1. The Morgan fingerprint density at radius 1 is 1.35 bits per heavy atom. The van der Waals surface area contributed by atoms with E-state index in [4.69, 9.17) is 5.73 Å². The second kappa shape index (κ2) is 3.91. The summed E-state index contributed by atoms with van der Waals surface area (Å²) in [7, 11) is 0. The van der Waals surface area contributed by atoms with Crippen molar-refractivity contribution >= 4 is 11.4 Å². The normalized spacial score (nSPS) is 31.8. The van der Waals surface area contributed by atoms with Crippen molar-refractivity contribution in [2.45, 2.75) is 19.3 Å². The van der Waals surface area contributed by atoms with Crippen LogP contribution in [0.3, 0.4) is 0 Å². The molecule has 1 heterocycles. The van der Waals surface area contributed by atoms with Crippen LogP contribution in [0.1, 0.15) is 19.3 Å². The molecule has 3 nitrogen and oxygen atoms in total. The zero-order valence-corrected chi connectivity index (χ0v) is 10.1. The highest BCUT2D eigenvalue weighted by Crippen LogP contribution is 2.49. The molecule has 1 saturated heterocycles. The van der Waals surface area contributed by atoms with Gasteiger partial charge in [0, 0.05) is 29.9 Å². The summed E-state index contributed by atoms with van der Waals surface area (Å²) in [6, 6.07) is 8.08. The number of hydrogen-bond acceptors (Lipinski definition) is 3. The smallest absolute Gasteiger partial charge is 0.0507 e. The summed E-state index contributed by atoms with van der Waals surface area (Å²) >= 11 is 0. The molecule has 92 valence electrons. The van der Waals surface area contributed by atoms with E-state index in [2.05, 4.69) is 17.0 Å². The van der Waals surface area contributed by atoms with Crippen LogP contribution in [-0.4, -0.2) is 24.8 Å². The van der Waals surface area contributed by atoms with Crippen LogP contribution < -0.4 is 10.6 Å². The maximum atomic E-state index is 9.69. The number of rotatable bonds is 2. The molecule has 1 saturated carbocycles. The summed E-state index contributed by atoms with van der Waals surface area (Å²) < 4.78 is 0. The summed E-state index contributed by atoms with van der Waals surface area (Å²) in [5, 5.41) is 9.69. The van der Waals surface area contributed by atoms with E-state index in [0.29, 0.717) is 12.5 Å². The Morgan fingerprint density at radius 2 is 2.12 bits per heavy atom. The van der Waals surface area contributed by atoms with E-state index in [1.165, 1.54) is 24.9 Å². The molecule has 2 atom stereocenters. The van der Waals surface area contributed by atoms with E-state index in [1.807, 2.05) is 12.1 Å². The maximum Gasteiger partial charge on any atom is 0.0507 e. The van der Waals surface area contributed by atoms with Crippen LogP contribution in [0.15, 0.2) is 24.3 Å². The van der Waals surface area contributed by atoms with Gasteiger partial charge in [-0.25, -0.2) is 0 Å². The fourth-order valence-electron chi connectivity index (χ4n) is 3.55. The number of hydrogen-bond donors (Lipinski definition) is 2. The van der Waals surface area contributed by atoms with Crippen molar-refractivity contribution in [3.8, 4) is 0 Å². The van der Waals surface area contributed by atoms with Gasteiger partial charge in [0.2, 0.25) is 0 Å². The van der Waals surface area contributed by atoms with Crippen molar-refractivity contribution in [3.63, 3.8) is 0 Å². The van der Waals surface area contributed by atoms with E-state index in [1.54, 1.807) is 0 Å². The second-order valence-electron chi connectivity index (χ2n) is 5.58. The Balaban J connectivity index is 1.82. The predicted octanol–water partition coefficient (Wildman–Crippen LogP) is 1.87. The first-order valence-corrected chi connectivity index (χ1v) is 6.45. The van der Waals surface area contributed by atoms with Crippen molar-refractivity contribution in [3.05, 3.63) is 24.3 Å². The molecule has 1 aliphatic heterocycles. The Labute approximate surface area is 102 Å². The first kappa shape index (κ1) is 10.9. The summed E-state index contributed by atoms with van der Waals surface area (Å²) in [5.41, 5.74) is 7.93. The first-order valence-electron chi connectivity index (χ1n) is 6.45. The molecule has 2 aliphatic rings. The van der Waals surface area contributed by atoms with E-state index in [-0.39, 0.29) is 5.41 Å². The topological polar surface area (TPSA) is 49.5 Å². The van der Waals surface area contributed by atoms with Crippen LogP contribution in [0.25, 0.3) is 0 Å². The molecule has 3 heteroatoms. The van der Waals surface area contributed by atoms with E-state index in [9.17, 15) is 5.11 Å². The van der Waals surface area contributed by atoms with Gasteiger partial charge in [-0.1, -0.05) is 6.42 Å². The molecule has 3 rings (SSSR count). The third kappa shape index (κ3) is 1.69. The highest BCUT2D eigenvalue weighted by molar-refractivity contribution is 5.54. The van der Waals surface area contributed by atoms with Crippen molar-refractivity contribution in [1.82, 2.24) is 0 Å². The van der Waals surface area contributed by atoms with Crippen molar-refractivity contribution < 1.29 is 5.11 Å². The maximum absolute atomic E-state index is 9.69. The Morgan fingerprint density at radius 3 is 2.76 bits per heavy atom. The molecule has 1 aromatic carbocycles. The highest BCUT2D eigenvalue weighted by atomic mass is 16.3. The monoisotopic (exact) mass is 232 g/mol. The lowest BCUT2D eigenvalue weighted by molar-refractivity contribution is 0.121. The molecule has 0 bridgehead atoms. The average molecular weight is 232 g/mol. The summed E-state index contributed by atoms with van der Waals surface area (Å²) in [4.78, 5) is 2.40. The minimum absolute atomic E-state index is 0.168. The van der Waals surface area contributed by atoms with Gasteiger partial charge in [0.1, 0.15) is 0 Å². The molecule has 1 aromatic rings. The molecular formula is C14H20N2O. The molecule has 0 radical (unpaired) electrons. The lowest BCUT2D eigenvalue weighted by atomic mass is 9.82. The van der Waals surface area contributed by atoms with Crippen molar-refractivity contribution in [1.29, 1.82) is 0 Å². The van der Waals surface area contributed by atoms with E-state index >= 15 is 0 Å². The molecule has 2 fully saturated rings. The van der Waals surface area contributed by atoms with Crippen molar-refractivity contribution in [2.24, 2.45) is 11.3 Å². The van der Waals surface area contributed by atoms with Crippen LogP contribution in [0, 0.1) is 11.3 Å². The number of aliphatic hydroxyl groups is 1. The van der Waals surface area contributed by atoms with E-state index in [0.717, 1.165) is 18.8 Å². The van der Waals surface area contributed by atoms with Gasteiger partial charge in [-0.2, -0.15) is 0 Å². The third-order valence-electron chi connectivity index (χ3n) is 4.61. The van der Waals surface area contributed by atoms with Crippen LogP contribution >= 0.6 is 0 Å². The number of anilines is 2. The molecule has 1 aliphatic carbocycles. The van der Waals surface area contributed by atoms with E-state index < -0.39 is 0 Å². The minimum Gasteiger partial charge on any atom is -0.399 e. The summed E-state index contributed by atoms with van der Waals surface area (Å²) in [6.07, 6.45) is 3.73. The fraction of sp³-hybridized carbons (Fsp3) is 0.571. The molecule has 17 heavy (non-hydrogen) atoms. The van der Waals surface area contributed by atoms with Gasteiger partial charge in [-0.15, -0.1) is 0 Å². The number of fused-ring (bicyclic) bond motifs is 1. The van der Waals surface area contributed by atoms with Crippen LogP contribution in [0.2, 0.25) is 0 Å². The number of aliphatic hydroxyl groups excluding tert-OH is 1. The molecule has 0 unspecified atom stereocenters. The molecule has 0 spiro atoms. The number of nitrogens with two attached hydrogens (primary N) is 1. The quantitative estimate of drug-likeness (QED) is 0.765. The average Bonchev–Trinajstić information content (AvgIpc) is 2.86.